The van der Waals surface area contributed by atoms with Gasteiger partial charge in [0.05, 0.1) is 5.25 Å². The van der Waals surface area contributed by atoms with Gasteiger partial charge in [-0.1, -0.05) is 48.2 Å². The lowest BCUT2D eigenvalue weighted by Crippen LogP contribution is -2.23. The van der Waals surface area contributed by atoms with Crippen LogP contribution >= 0.6 is 23.1 Å². The summed E-state index contributed by atoms with van der Waals surface area (Å²) in [5.74, 6) is 1.27. The van der Waals surface area contributed by atoms with E-state index in [1.165, 1.54) is 23.1 Å². The van der Waals surface area contributed by atoms with Gasteiger partial charge in [-0.2, -0.15) is 0 Å². The molecule has 1 amide bonds. The molecule has 1 N–H and O–H groups in total. The molecule has 9 heteroatoms. The Kier molecular flexibility index (Phi) is 6.63. The molecule has 2 heterocycles. The number of nitrogens with one attached hydrogen (secondary N) is 1. The minimum Gasteiger partial charge on any atom is -0.483 e. The van der Waals surface area contributed by atoms with Crippen molar-refractivity contribution >= 4 is 34.1 Å². The number of nitrogens with zero attached hydrogens (tertiary/aromatic N) is 4. The Labute approximate surface area is 188 Å². The van der Waals surface area contributed by atoms with Gasteiger partial charge in [-0.3, -0.25) is 9.36 Å². The maximum atomic E-state index is 12.6. The first-order chi connectivity index (χ1) is 15.1. The molecule has 0 aliphatic carbocycles. The van der Waals surface area contributed by atoms with Crippen LogP contribution in [0.4, 0.5) is 5.13 Å². The number of hydrogen-bond donors (Lipinski definition) is 1. The maximum Gasteiger partial charge on any atom is 0.239 e. The van der Waals surface area contributed by atoms with E-state index in [9.17, 15) is 4.79 Å². The number of hydrogen-bond acceptors (Lipinski definition) is 7. The molecule has 158 valence electrons. The van der Waals surface area contributed by atoms with E-state index >= 15 is 0 Å². The molecule has 4 aromatic rings. The van der Waals surface area contributed by atoms with E-state index in [4.69, 9.17) is 4.74 Å². The average molecular weight is 452 g/mol. The Morgan fingerprint density at radius 1 is 1.06 bits per heavy atom. The summed E-state index contributed by atoms with van der Waals surface area (Å²) < 4.78 is 8.02. The van der Waals surface area contributed by atoms with E-state index in [1.54, 1.807) is 6.20 Å². The Hall–Kier alpha value is -3.17. The average Bonchev–Trinajstić information content (AvgIpc) is 3.45. The van der Waals surface area contributed by atoms with E-state index in [-0.39, 0.29) is 12.0 Å². The normalized spacial score (nSPS) is 12.8. The Morgan fingerprint density at radius 2 is 1.77 bits per heavy atom. The van der Waals surface area contributed by atoms with Gasteiger partial charge in [-0.15, -0.1) is 21.5 Å². The number of thioether (sulfide) groups is 1. The van der Waals surface area contributed by atoms with E-state index in [0.717, 1.165) is 11.4 Å². The van der Waals surface area contributed by atoms with E-state index in [0.29, 0.717) is 16.1 Å². The van der Waals surface area contributed by atoms with Crippen LogP contribution < -0.4 is 10.1 Å². The van der Waals surface area contributed by atoms with Crippen LogP contribution in [0, 0.1) is 0 Å². The summed E-state index contributed by atoms with van der Waals surface area (Å²) in [6, 6.07) is 19.4. The number of amides is 1. The topological polar surface area (TPSA) is 81.9 Å². The van der Waals surface area contributed by atoms with Crippen LogP contribution in [0.25, 0.3) is 5.69 Å². The number of aromatic nitrogens is 4. The molecule has 0 fully saturated rings. The summed E-state index contributed by atoms with van der Waals surface area (Å²) in [5, 5.41) is 14.2. The van der Waals surface area contributed by atoms with Crippen LogP contribution in [0.3, 0.4) is 0 Å². The summed E-state index contributed by atoms with van der Waals surface area (Å²) >= 11 is 2.72. The second-order valence-electron chi connectivity index (χ2n) is 6.67. The number of anilines is 1. The highest BCUT2D eigenvalue weighted by molar-refractivity contribution is 8.00. The number of carbonyl (C=O) groups is 1. The van der Waals surface area contributed by atoms with Crippen molar-refractivity contribution in [3.05, 3.63) is 78.1 Å². The molecule has 0 aliphatic heterocycles. The highest BCUT2D eigenvalue weighted by atomic mass is 32.2. The molecule has 0 bridgehead atoms. The molecule has 0 radical (unpaired) electrons. The summed E-state index contributed by atoms with van der Waals surface area (Å²) in [5.41, 5.74) is 0.904. The van der Waals surface area contributed by atoms with Gasteiger partial charge in [0.2, 0.25) is 5.91 Å². The van der Waals surface area contributed by atoms with Gasteiger partial charge in [-0.25, -0.2) is 4.98 Å². The zero-order valence-electron chi connectivity index (χ0n) is 17.0. The van der Waals surface area contributed by atoms with Gasteiger partial charge < -0.3 is 10.1 Å². The fourth-order valence-electron chi connectivity index (χ4n) is 2.90. The summed E-state index contributed by atoms with van der Waals surface area (Å²) in [4.78, 5) is 16.7. The number of thiazole rings is 1. The predicted octanol–water partition coefficient (Wildman–Crippen LogP) is 4.98. The minimum atomic E-state index is -0.395. The second-order valence-corrected chi connectivity index (χ2v) is 8.87. The lowest BCUT2D eigenvalue weighted by molar-refractivity contribution is -0.115. The molecular weight excluding hydrogens is 430 g/mol. The molecular formula is C22H21N5O2S2. The van der Waals surface area contributed by atoms with Crippen molar-refractivity contribution in [1.29, 1.82) is 0 Å². The molecule has 4 rings (SSSR count). The lowest BCUT2D eigenvalue weighted by atomic mass is 10.3. The van der Waals surface area contributed by atoms with E-state index in [1.807, 2.05) is 84.5 Å². The van der Waals surface area contributed by atoms with Gasteiger partial charge in [0.1, 0.15) is 5.75 Å². The third-order valence-corrected chi connectivity index (χ3v) is 6.14. The first-order valence-electron chi connectivity index (χ1n) is 9.71. The molecule has 0 unspecified atom stereocenters. The number of ether oxygens (including phenoxy) is 1. The van der Waals surface area contributed by atoms with Crippen molar-refractivity contribution in [3.63, 3.8) is 0 Å². The molecule has 2 aromatic carbocycles. The minimum absolute atomic E-state index is 0.141. The van der Waals surface area contributed by atoms with E-state index in [2.05, 4.69) is 20.5 Å². The van der Waals surface area contributed by atoms with Gasteiger partial charge in [-0.05, 0) is 38.1 Å². The second kappa shape index (κ2) is 9.76. The Balaban J connectivity index is 1.59. The third-order valence-electron chi connectivity index (χ3n) is 4.41. The molecule has 0 spiro atoms. The quantitative estimate of drug-likeness (QED) is 0.380. The number of benzene rings is 2. The molecule has 2 atom stereocenters. The maximum absolute atomic E-state index is 12.6. The molecule has 0 saturated heterocycles. The fraction of sp³-hybridized carbons (Fsp3) is 0.182. The van der Waals surface area contributed by atoms with Crippen LogP contribution in [-0.4, -0.2) is 30.9 Å². The monoisotopic (exact) mass is 451 g/mol. The van der Waals surface area contributed by atoms with Gasteiger partial charge >= 0.3 is 0 Å². The van der Waals surface area contributed by atoms with Gasteiger partial charge in [0.25, 0.3) is 0 Å². The zero-order chi connectivity index (χ0) is 21.6. The molecule has 0 saturated carbocycles. The Bertz CT molecular complexity index is 1120. The van der Waals surface area contributed by atoms with Crippen LogP contribution in [0.15, 0.2) is 77.4 Å². The van der Waals surface area contributed by atoms with Gasteiger partial charge in [0.15, 0.2) is 22.2 Å². The number of rotatable bonds is 8. The predicted molar refractivity (Wildman–Crippen MR) is 123 cm³/mol. The summed E-state index contributed by atoms with van der Waals surface area (Å²) in [6.45, 7) is 3.77. The third kappa shape index (κ3) is 5.12. The van der Waals surface area contributed by atoms with Crippen LogP contribution in [0.2, 0.25) is 0 Å². The highest BCUT2D eigenvalue weighted by Crippen LogP contribution is 2.30. The van der Waals surface area contributed by atoms with Crippen molar-refractivity contribution in [3.8, 4) is 11.4 Å². The Morgan fingerprint density at radius 3 is 2.45 bits per heavy atom. The van der Waals surface area contributed by atoms with Crippen LogP contribution in [0.1, 0.15) is 25.8 Å². The van der Waals surface area contributed by atoms with Crippen molar-refractivity contribution < 1.29 is 9.53 Å². The van der Waals surface area contributed by atoms with Crippen molar-refractivity contribution in [2.75, 3.05) is 5.32 Å². The molecule has 0 aliphatic rings. The lowest BCUT2D eigenvalue weighted by Gasteiger charge is -2.17. The van der Waals surface area contributed by atoms with E-state index < -0.39 is 5.25 Å². The van der Waals surface area contributed by atoms with Crippen molar-refractivity contribution in [2.45, 2.75) is 30.4 Å². The van der Waals surface area contributed by atoms with Crippen LogP contribution in [0.5, 0.6) is 5.75 Å². The first-order valence-corrected chi connectivity index (χ1v) is 11.5. The van der Waals surface area contributed by atoms with Crippen molar-refractivity contribution in [1.82, 2.24) is 19.7 Å². The van der Waals surface area contributed by atoms with Crippen molar-refractivity contribution in [2.24, 2.45) is 0 Å². The molecule has 31 heavy (non-hydrogen) atoms. The number of carbonyl (C=O) groups excluding carboxylic acids is 1. The fourth-order valence-corrected chi connectivity index (χ4v) is 4.31. The smallest absolute Gasteiger partial charge is 0.239 e. The summed E-state index contributed by atoms with van der Waals surface area (Å²) in [7, 11) is 0. The van der Waals surface area contributed by atoms with Crippen LogP contribution in [-0.2, 0) is 4.79 Å². The highest BCUT2D eigenvalue weighted by Gasteiger charge is 2.24. The SMILES string of the molecule is C[C@H](Sc1nnc([C@H](C)Oc2ccccc2)n1-c1ccccc1)C(=O)Nc1nccs1. The zero-order valence-corrected chi connectivity index (χ0v) is 18.6. The molecule has 7 nitrogen and oxygen atoms in total. The summed E-state index contributed by atoms with van der Waals surface area (Å²) in [6.07, 6.45) is 1.31. The molecule has 2 aromatic heterocycles. The van der Waals surface area contributed by atoms with Gasteiger partial charge in [0, 0.05) is 17.3 Å². The largest absolute Gasteiger partial charge is 0.483 e. The standard InChI is InChI=1S/C22H21N5O2S2/c1-15(29-18-11-7-4-8-12-18)19-25-26-22(27(19)17-9-5-3-6-10-17)31-16(2)20(28)24-21-23-13-14-30-21/h3-16H,1-2H3,(H,23,24,28)/t15-,16-/m0/s1. The first kappa shape index (κ1) is 21.1. The number of para-hydroxylation sites is 2.